The Kier molecular flexibility index (Phi) is 7.42. The van der Waals surface area contributed by atoms with Gasteiger partial charge in [-0.05, 0) is 38.6 Å². The van der Waals surface area contributed by atoms with Crippen LogP contribution in [0.1, 0.15) is 20.3 Å². The molecule has 2 rings (SSSR count). The molecule has 0 spiro atoms. The number of halogens is 1. The van der Waals surface area contributed by atoms with E-state index in [1.54, 1.807) is 0 Å². The van der Waals surface area contributed by atoms with Crippen LogP contribution in [0.15, 0.2) is 23.1 Å². The normalized spacial score (nSPS) is 17.3. The van der Waals surface area contributed by atoms with Crippen molar-refractivity contribution in [2.75, 3.05) is 45.2 Å². The smallest absolute Gasteiger partial charge is 0.243 e. The molecule has 0 bridgehead atoms. The highest BCUT2D eigenvalue weighted by Gasteiger charge is 2.27. The molecule has 0 aliphatic carbocycles. The predicted molar refractivity (Wildman–Crippen MR) is 102 cm³/mol. The third kappa shape index (κ3) is 5.17. The van der Waals surface area contributed by atoms with Crippen LogP contribution in [0, 0.1) is 0 Å². The van der Waals surface area contributed by atoms with Crippen LogP contribution in [0.4, 0.5) is 5.69 Å². The predicted octanol–water partition coefficient (Wildman–Crippen LogP) is 2.03. The number of hydrogen-bond acceptors (Lipinski definition) is 5. The van der Waals surface area contributed by atoms with Gasteiger partial charge in [0.15, 0.2) is 0 Å². The topological polar surface area (TPSA) is 79.0 Å². The number of anilines is 1. The van der Waals surface area contributed by atoms with Crippen LogP contribution >= 0.6 is 11.6 Å². The first-order valence-electron chi connectivity index (χ1n) is 8.63. The van der Waals surface area contributed by atoms with Gasteiger partial charge in [0, 0.05) is 19.1 Å². The van der Waals surface area contributed by atoms with Crippen molar-refractivity contribution in [3.8, 4) is 0 Å². The molecule has 1 aromatic carbocycles. The number of ether oxygens (including phenoxy) is 1. The summed E-state index contributed by atoms with van der Waals surface area (Å²) in [5.41, 5.74) is 0.295. The largest absolute Gasteiger partial charge is 0.379 e. The molecule has 1 unspecified atom stereocenters. The van der Waals surface area contributed by atoms with Crippen LogP contribution in [0.3, 0.4) is 0 Å². The van der Waals surface area contributed by atoms with Crippen molar-refractivity contribution in [1.82, 2.24) is 9.21 Å². The number of hydrogen-bond donors (Lipinski definition) is 1. The van der Waals surface area contributed by atoms with Gasteiger partial charge in [-0.15, -0.1) is 0 Å². The monoisotopic (exact) mass is 403 g/mol. The molecule has 146 valence electrons. The van der Waals surface area contributed by atoms with Crippen LogP contribution in [-0.4, -0.2) is 69.5 Å². The highest BCUT2D eigenvalue weighted by molar-refractivity contribution is 7.89. The summed E-state index contributed by atoms with van der Waals surface area (Å²) in [4.78, 5) is 14.3. The van der Waals surface area contributed by atoms with Gasteiger partial charge < -0.3 is 10.1 Å². The standard InChI is InChI=1S/C17H26ClN3O4S/c1-4-13(2)20(3)12-17(22)19-16-11-14(5-6-15(16)18)26(23,24)21-7-9-25-10-8-21/h5-6,11,13H,4,7-10,12H2,1-3H3,(H,19,22). The Bertz CT molecular complexity index is 736. The fourth-order valence-corrected chi connectivity index (χ4v) is 4.18. The molecule has 1 N–H and O–H groups in total. The second kappa shape index (κ2) is 9.14. The van der Waals surface area contributed by atoms with Gasteiger partial charge in [0.25, 0.3) is 0 Å². The van der Waals surface area contributed by atoms with Gasteiger partial charge in [-0.3, -0.25) is 9.69 Å². The molecule has 1 heterocycles. The maximum absolute atomic E-state index is 12.7. The van der Waals surface area contributed by atoms with E-state index >= 15 is 0 Å². The van der Waals surface area contributed by atoms with E-state index in [9.17, 15) is 13.2 Å². The van der Waals surface area contributed by atoms with Gasteiger partial charge in [0.05, 0.1) is 35.4 Å². The third-order valence-corrected chi connectivity index (χ3v) is 6.78. The first-order chi connectivity index (χ1) is 12.3. The van der Waals surface area contributed by atoms with Gasteiger partial charge >= 0.3 is 0 Å². The Labute approximate surface area is 160 Å². The van der Waals surface area contributed by atoms with E-state index in [-0.39, 0.29) is 23.4 Å². The summed E-state index contributed by atoms with van der Waals surface area (Å²) in [5.74, 6) is -0.240. The summed E-state index contributed by atoms with van der Waals surface area (Å²) >= 11 is 6.15. The van der Waals surface area contributed by atoms with Gasteiger partial charge in [-0.2, -0.15) is 4.31 Å². The molecule has 0 aromatic heterocycles. The number of carbonyl (C=O) groups excluding carboxylic acids is 1. The van der Waals surface area contributed by atoms with E-state index in [0.29, 0.717) is 37.0 Å². The van der Waals surface area contributed by atoms with Crippen molar-refractivity contribution < 1.29 is 17.9 Å². The molecule has 1 aliphatic rings. The minimum absolute atomic E-state index is 0.106. The molecule has 26 heavy (non-hydrogen) atoms. The van der Waals surface area contributed by atoms with E-state index in [1.165, 1.54) is 22.5 Å². The molecule has 0 saturated carbocycles. The van der Waals surface area contributed by atoms with Gasteiger partial charge in [-0.25, -0.2) is 8.42 Å². The van der Waals surface area contributed by atoms with E-state index in [0.717, 1.165) is 6.42 Å². The summed E-state index contributed by atoms with van der Waals surface area (Å²) in [6, 6.07) is 4.62. The molecule has 0 radical (unpaired) electrons. The van der Waals surface area contributed by atoms with Crippen molar-refractivity contribution in [3.63, 3.8) is 0 Å². The quantitative estimate of drug-likeness (QED) is 0.753. The molecular formula is C17H26ClN3O4S. The van der Waals surface area contributed by atoms with Crippen molar-refractivity contribution in [2.24, 2.45) is 0 Å². The van der Waals surface area contributed by atoms with Gasteiger partial charge in [0.2, 0.25) is 15.9 Å². The number of benzene rings is 1. The number of likely N-dealkylation sites (N-methyl/N-ethyl adjacent to an activating group) is 1. The lowest BCUT2D eigenvalue weighted by molar-refractivity contribution is -0.117. The average Bonchev–Trinajstić information content (AvgIpc) is 2.63. The lowest BCUT2D eigenvalue weighted by Gasteiger charge is -2.26. The summed E-state index contributed by atoms with van der Waals surface area (Å²) in [7, 11) is -1.77. The third-order valence-electron chi connectivity index (χ3n) is 4.56. The molecule has 9 heteroatoms. The Morgan fingerprint density at radius 3 is 2.65 bits per heavy atom. The van der Waals surface area contributed by atoms with Crippen LogP contribution < -0.4 is 5.32 Å². The van der Waals surface area contributed by atoms with Crippen LogP contribution in [-0.2, 0) is 19.6 Å². The lowest BCUT2D eigenvalue weighted by Crippen LogP contribution is -2.40. The number of rotatable bonds is 7. The Morgan fingerprint density at radius 1 is 1.38 bits per heavy atom. The van der Waals surface area contributed by atoms with E-state index in [2.05, 4.69) is 12.2 Å². The van der Waals surface area contributed by atoms with Crippen molar-refractivity contribution in [3.05, 3.63) is 23.2 Å². The summed E-state index contributed by atoms with van der Waals surface area (Å²) in [6.07, 6.45) is 0.928. The second-order valence-electron chi connectivity index (χ2n) is 6.38. The number of amides is 1. The Hall–Kier alpha value is -1.19. The molecule has 1 aromatic rings. The van der Waals surface area contributed by atoms with Crippen LogP contribution in [0.5, 0.6) is 0 Å². The number of carbonyl (C=O) groups is 1. The minimum Gasteiger partial charge on any atom is -0.379 e. The zero-order chi connectivity index (χ0) is 19.3. The molecule has 1 amide bonds. The second-order valence-corrected chi connectivity index (χ2v) is 8.72. The fraction of sp³-hybridized carbons (Fsp3) is 0.588. The SMILES string of the molecule is CCC(C)N(C)CC(=O)Nc1cc(S(=O)(=O)N2CCOCC2)ccc1Cl. The zero-order valence-electron chi connectivity index (χ0n) is 15.4. The highest BCUT2D eigenvalue weighted by Crippen LogP contribution is 2.27. The molecule has 7 nitrogen and oxygen atoms in total. The summed E-state index contributed by atoms with van der Waals surface area (Å²) in [6.45, 7) is 5.66. The maximum atomic E-state index is 12.7. The number of morpholine rings is 1. The first kappa shape index (κ1) is 21.1. The number of nitrogens with zero attached hydrogens (tertiary/aromatic N) is 2. The van der Waals surface area contributed by atoms with Crippen molar-refractivity contribution in [2.45, 2.75) is 31.2 Å². The van der Waals surface area contributed by atoms with Gasteiger partial charge in [0.1, 0.15) is 0 Å². The minimum atomic E-state index is -3.64. The average molecular weight is 404 g/mol. The molecular weight excluding hydrogens is 378 g/mol. The first-order valence-corrected chi connectivity index (χ1v) is 10.4. The summed E-state index contributed by atoms with van der Waals surface area (Å²) < 4.78 is 32.1. The number of nitrogens with one attached hydrogen (secondary N) is 1. The molecule has 1 saturated heterocycles. The highest BCUT2D eigenvalue weighted by atomic mass is 35.5. The number of sulfonamides is 1. The van der Waals surface area contributed by atoms with Gasteiger partial charge in [-0.1, -0.05) is 18.5 Å². The maximum Gasteiger partial charge on any atom is 0.243 e. The molecule has 1 atom stereocenters. The van der Waals surface area contributed by atoms with Crippen LogP contribution in [0.25, 0.3) is 0 Å². The fourth-order valence-electron chi connectivity index (χ4n) is 2.58. The molecule has 1 aliphatic heterocycles. The Morgan fingerprint density at radius 2 is 2.04 bits per heavy atom. The Balaban J connectivity index is 2.15. The summed E-state index contributed by atoms with van der Waals surface area (Å²) in [5, 5.41) is 3.01. The zero-order valence-corrected chi connectivity index (χ0v) is 16.9. The molecule has 1 fully saturated rings. The van der Waals surface area contributed by atoms with Crippen molar-refractivity contribution in [1.29, 1.82) is 0 Å². The van der Waals surface area contributed by atoms with E-state index < -0.39 is 10.0 Å². The lowest BCUT2D eigenvalue weighted by atomic mass is 10.2. The van der Waals surface area contributed by atoms with E-state index in [1.807, 2.05) is 18.9 Å². The van der Waals surface area contributed by atoms with Crippen LogP contribution in [0.2, 0.25) is 5.02 Å². The van der Waals surface area contributed by atoms with E-state index in [4.69, 9.17) is 16.3 Å². The van der Waals surface area contributed by atoms with Crippen molar-refractivity contribution >= 4 is 33.2 Å².